The Morgan fingerprint density at radius 2 is 2.03 bits per heavy atom. The molecule has 2 aromatic carbocycles. The number of aromatic nitrogens is 4. The maximum Gasteiger partial charge on any atom is 0.272 e. The van der Waals surface area contributed by atoms with Crippen molar-refractivity contribution in [3.05, 3.63) is 64.7 Å². The molecule has 2 heterocycles. The summed E-state index contributed by atoms with van der Waals surface area (Å²) in [4.78, 5) is 12.2. The van der Waals surface area contributed by atoms with Gasteiger partial charge in [0.25, 0.3) is 5.56 Å². The molecule has 1 saturated carbocycles. The molecule has 0 aliphatic heterocycles. The fourth-order valence-corrected chi connectivity index (χ4v) is 3.93. The molecule has 0 unspecified atom stereocenters. The Balaban J connectivity index is 1.61. The van der Waals surface area contributed by atoms with Gasteiger partial charge in [-0.05, 0) is 49.1 Å². The Morgan fingerprint density at radius 1 is 1.17 bits per heavy atom. The van der Waals surface area contributed by atoms with E-state index in [4.69, 9.17) is 10.5 Å². The Kier molecular flexibility index (Phi) is 4.59. The Bertz CT molecular complexity index is 1290. The summed E-state index contributed by atoms with van der Waals surface area (Å²) in [6, 6.07) is 13.9. The molecule has 1 aliphatic carbocycles. The number of ether oxygens (including phenoxy) is 1. The minimum absolute atomic E-state index is 0.221. The van der Waals surface area contributed by atoms with Gasteiger partial charge in [-0.15, -0.1) is 0 Å². The summed E-state index contributed by atoms with van der Waals surface area (Å²) >= 11 is 0. The van der Waals surface area contributed by atoms with E-state index in [1.807, 2.05) is 48.3 Å². The van der Waals surface area contributed by atoms with Crippen molar-refractivity contribution in [2.75, 3.05) is 0 Å². The third-order valence-electron chi connectivity index (χ3n) is 5.77. The number of hydrogen-bond donors (Lipinski definition) is 2. The monoisotopic (exact) mass is 401 g/mol. The van der Waals surface area contributed by atoms with E-state index >= 15 is 0 Å². The molecule has 0 spiro atoms. The van der Waals surface area contributed by atoms with Crippen molar-refractivity contribution in [2.45, 2.75) is 31.9 Å². The Hall–Kier alpha value is -3.45. The fraction of sp³-hybridized carbons (Fsp3) is 0.261. The van der Waals surface area contributed by atoms with Crippen LogP contribution in [0, 0.1) is 0 Å². The Labute approximate surface area is 173 Å². The van der Waals surface area contributed by atoms with Crippen LogP contribution in [-0.2, 0) is 13.6 Å². The van der Waals surface area contributed by atoms with Gasteiger partial charge in [-0.3, -0.25) is 9.48 Å². The number of benzene rings is 2. The van der Waals surface area contributed by atoms with Gasteiger partial charge in [0.15, 0.2) is 0 Å². The normalized spacial score (nSPS) is 14.1. The molecule has 0 atom stereocenters. The van der Waals surface area contributed by atoms with E-state index < -0.39 is 0 Å². The van der Waals surface area contributed by atoms with Crippen molar-refractivity contribution < 1.29 is 4.74 Å². The minimum atomic E-state index is -0.221. The van der Waals surface area contributed by atoms with E-state index in [1.54, 1.807) is 0 Å². The molecule has 5 rings (SSSR count). The van der Waals surface area contributed by atoms with Crippen LogP contribution in [0.15, 0.2) is 53.5 Å². The van der Waals surface area contributed by atoms with E-state index in [0.29, 0.717) is 17.2 Å². The average molecular weight is 401 g/mol. The first-order valence-electron chi connectivity index (χ1n) is 10.1. The van der Waals surface area contributed by atoms with Gasteiger partial charge in [0.05, 0.1) is 29.1 Å². The number of rotatable bonds is 5. The van der Waals surface area contributed by atoms with E-state index in [1.165, 1.54) is 6.42 Å². The summed E-state index contributed by atoms with van der Waals surface area (Å²) in [7, 11) is 1.93. The molecular weight excluding hydrogens is 378 g/mol. The second kappa shape index (κ2) is 7.42. The van der Waals surface area contributed by atoms with Crippen molar-refractivity contribution in [3.8, 4) is 28.1 Å². The van der Waals surface area contributed by atoms with Gasteiger partial charge < -0.3 is 10.5 Å². The summed E-state index contributed by atoms with van der Waals surface area (Å²) < 4.78 is 7.95. The smallest absolute Gasteiger partial charge is 0.272 e. The van der Waals surface area contributed by atoms with Crippen LogP contribution < -0.4 is 16.0 Å². The summed E-state index contributed by atoms with van der Waals surface area (Å²) in [5, 5.41) is 12.4. The van der Waals surface area contributed by atoms with Crippen molar-refractivity contribution in [3.63, 3.8) is 0 Å². The molecule has 152 valence electrons. The van der Waals surface area contributed by atoms with Crippen molar-refractivity contribution in [1.29, 1.82) is 0 Å². The van der Waals surface area contributed by atoms with Crippen LogP contribution in [0.5, 0.6) is 5.75 Å². The number of nitrogens with one attached hydrogen (secondary N) is 1. The number of aromatic amines is 1. The van der Waals surface area contributed by atoms with Crippen LogP contribution in [0.1, 0.15) is 25.0 Å². The highest BCUT2D eigenvalue weighted by Gasteiger charge is 2.20. The predicted molar refractivity (Wildman–Crippen MR) is 116 cm³/mol. The maximum absolute atomic E-state index is 12.2. The third kappa shape index (κ3) is 3.17. The molecule has 7 heteroatoms. The molecule has 1 fully saturated rings. The SMILES string of the molecule is Cn1ncc(-c2ccc3c(=O)[nH]nc(CN)c3c2)c1-c1cccc(OC2CCC2)c1. The second-order valence-electron chi connectivity index (χ2n) is 7.69. The van der Waals surface area contributed by atoms with Crippen LogP contribution in [0.25, 0.3) is 33.2 Å². The maximum atomic E-state index is 12.2. The number of fused-ring (bicyclic) bond motifs is 1. The molecule has 0 saturated heterocycles. The van der Waals surface area contributed by atoms with Crippen molar-refractivity contribution in [1.82, 2.24) is 20.0 Å². The molecule has 0 bridgehead atoms. The number of hydrogen-bond acceptors (Lipinski definition) is 5. The molecular formula is C23H23N5O2. The van der Waals surface area contributed by atoms with Crippen LogP contribution in [0.4, 0.5) is 0 Å². The first kappa shape index (κ1) is 18.6. The van der Waals surface area contributed by atoms with E-state index in [0.717, 1.165) is 46.4 Å². The van der Waals surface area contributed by atoms with Gasteiger partial charge in [0.1, 0.15) is 5.75 Å². The zero-order valence-corrected chi connectivity index (χ0v) is 16.8. The van der Waals surface area contributed by atoms with Gasteiger partial charge >= 0.3 is 0 Å². The molecule has 7 nitrogen and oxygen atoms in total. The second-order valence-corrected chi connectivity index (χ2v) is 7.69. The highest BCUT2D eigenvalue weighted by Crippen LogP contribution is 2.35. The molecule has 0 amide bonds. The largest absolute Gasteiger partial charge is 0.490 e. The molecule has 2 aromatic heterocycles. The van der Waals surface area contributed by atoms with E-state index in [2.05, 4.69) is 27.4 Å². The fourth-order valence-electron chi connectivity index (χ4n) is 3.93. The number of H-pyrrole nitrogens is 1. The van der Waals surface area contributed by atoms with Gasteiger partial charge in [-0.2, -0.15) is 10.2 Å². The topological polar surface area (TPSA) is 98.8 Å². The van der Waals surface area contributed by atoms with E-state index in [-0.39, 0.29) is 12.1 Å². The van der Waals surface area contributed by atoms with Crippen LogP contribution >= 0.6 is 0 Å². The lowest BCUT2D eigenvalue weighted by atomic mass is 9.96. The zero-order valence-electron chi connectivity index (χ0n) is 16.8. The highest BCUT2D eigenvalue weighted by molar-refractivity contribution is 5.91. The lowest BCUT2D eigenvalue weighted by molar-refractivity contribution is 0.120. The van der Waals surface area contributed by atoms with Crippen LogP contribution in [0.2, 0.25) is 0 Å². The predicted octanol–water partition coefficient (Wildman–Crippen LogP) is 3.38. The number of nitrogens with two attached hydrogens (primary N) is 1. The van der Waals surface area contributed by atoms with Crippen LogP contribution in [-0.4, -0.2) is 26.1 Å². The highest BCUT2D eigenvalue weighted by atomic mass is 16.5. The van der Waals surface area contributed by atoms with Crippen LogP contribution in [0.3, 0.4) is 0 Å². The number of nitrogens with zero attached hydrogens (tertiary/aromatic N) is 3. The lowest BCUT2D eigenvalue weighted by Gasteiger charge is -2.26. The van der Waals surface area contributed by atoms with Gasteiger partial charge in [-0.1, -0.05) is 18.2 Å². The summed E-state index contributed by atoms with van der Waals surface area (Å²) in [5.41, 5.74) is 10.2. The summed E-state index contributed by atoms with van der Waals surface area (Å²) in [5.74, 6) is 0.879. The Morgan fingerprint density at radius 3 is 2.80 bits per heavy atom. The van der Waals surface area contributed by atoms with E-state index in [9.17, 15) is 4.79 Å². The molecule has 30 heavy (non-hydrogen) atoms. The van der Waals surface area contributed by atoms with Gasteiger partial charge in [0.2, 0.25) is 0 Å². The zero-order chi connectivity index (χ0) is 20.7. The first-order valence-corrected chi connectivity index (χ1v) is 10.1. The van der Waals surface area contributed by atoms with Gasteiger partial charge in [0, 0.05) is 30.1 Å². The molecule has 3 N–H and O–H groups in total. The average Bonchev–Trinajstić information content (AvgIpc) is 3.12. The quantitative estimate of drug-likeness (QED) is 0.534. The van der Waals surface area contributed by atoms with Crippen molar-refractivity contribution >= 4 is 10.8 Å². The minimum Gasteiger partial charge on any atom is -0.490 e. The molecule has 1 aliphatic rings. The van der Waals surface area contributed by atoms with Gasteiger partial charge in [-0.25, -0.2) is 5.10 Å². The first-order chi connectivity index (χ1) is 14.6. The standard InChI is InChI=1S/C23H23N5O2/c1-28-22(15-4-2-7-17(10-15)30-16-5-3-6-16)20(13-25-28)14-8-9-18-19(11-14)21(12-24)26-27-23(18)29/h2,4,7-11,13,16H,3,5-6,12,24H2,1H3,(H,27,29). The molecule has 4 aromatic rings. The summed E-state index contributed by atoms with van der Waals surface area (Å²) in [6.07, 6.45) is 5.65. The molecule has 0 radical (unpaired) electrons. The van der Waals surface area contributed by atoms with Crippen molar-refractivity contribution in [2.24, 2.45) is 12.8 Å². The third-order valence-corrected chi connectivity index (χ3v) is 5.77. The number of aryl methyl sites for hydroxylation is 1. The lowest BCUT2D eigenvalue weighted by Crippen LogP contribution is -2.24. The summed E-state index contributed by atoms with van der Waals surface area (Å²) in [6.45, 7) is 0.247.